The number of nitrogen functional groups attached to an aromatic ring is 1. The average Bonchev–Trinajstić information content (AvgIpc) is 3.05. The van der Waals surface area contributed by atoms with E-state index in [1.54, 1.807) is 6.92 Å². The number of halogens is 4. The van der Waals surface area contributed by atoms with Crippen LogP contribution in [0.15, 0.2) is 48.5 Å². The van der Waals surface area contributed by atoms with Gasteiger partial charge in [0.05, 0.1) is 19.3 Å². The van der Waals surface area contributed by atoms with Crippen LogP contribution in [0.3, 0.4) is 0 Å². The van der Waals surface area contributed by atoms with Crippen LogP contribution >= 0.6 is 0 Å². The molecule has 0 aliphatic rings. The van der Waals surface area contributed by atoms with Crippen LogP contribution in [0.1, 0.15) is 40.1 Å². The van der Waals surface area contributed by atoms with Crippen molar-refractivity contribution in [1.82, 2.24) is 9.78 Å². The van der Waals surface area contributed by atoms with Crippen molar-refractivity contribution >= 4 is 11.7 Å². The summed E-state index contributed by atoms with van der Waals surface area (Å²) in [7, 11) is 0. The minimum absolute atomic E-state index is 0.0394. The largest absolute Gasteiger partial charge is 0.573 e. The number of aromatic nitrogens is 2. The van der Waals surface area contributed by atoms with Gasteiger partial charge in [-0.15, -0.1) is 13.2 Å². The molecule has 11 heteroatoms. The molecule has 4 N–H and O–H groups in total. The van der Waals surface area contributed by atoms with Crippen molar-refractivity contribution in [1.29, 1.82) is 0 Å². The lowest BCUT2D eigenvalue weighted by atomic mass is 10.1. The maximum Gasteiger partial charge on any atom is 0.573 e. The maximum absolute atomic E-state index is 14.1. The van der Waals surface area contributed by atoms with E-state index in [4.69, 9.17) is 16.2 Å². The first kappa shape index (κ1) is 23.1. The molecule has 2 aromatic carbocycles. The van der Waals surface area contributed by atoms with Crippen molar-refractivity contribution in [3.8, 4) is 5.75 Å². The second-order valence-electron chi connectivity index (χ2n) is 6.91. The second kappa shape index (κ2) is 9.27. The summed E-state index contributed by atoms with van der Waals surface area (Å²) in [6, 6.07) is 11.5. The Morgan fingerprint density at radius 1 is 1.16 bits per heavy atom. The molecule has 1 aromatic heterocycles. The number of rotatable bonds is 8. The first-order chi connectivity index (χ1) is 15.1. The van der Waals surface area contributed by atoms with E-state index in [0.29, 0.717) is 0 Å². The van der Waals surface area contributed by atoms with E-state index in [2.05, 4.69) is 9.84 Å². The first-order valence-corrected chi connectivity index (χ1v) is 9.40. The van der Waals surface area contributed by atoms with E-state index in [1.165, 1.54) is 10.7 Å². The van der Waals surface area contributed by atoms with Crippen LogP contribution < -0.4 is 16.2 Å². The number of nitrogens with zero attached hydrogens (tertiary/aromatic N) is 2. The Morgan fingerprint density at radius 2 is 1.84 bits per heavy atom. The highest BCUT2D eigenvalue weighted by Gasteiger charge is 2.32. The number of anilines is 1. The van der Waals surface area contributed by atoms with Gasteiger partial charge in [-0.25, -0.2) is 9.07 Å². The molecule has 3 rings (SSSR count). The van der Waals surface area contributed by atoms with Crippen LogP contribution in [0.4, 0.5) is 23.4 Å². The highest BCUT2D eigenvalue weighted by Crippen LogP contribution is 2.30. The van der Waals surface area contributed by atoms with Crippen LogP contribution in [0.5, 0.6) is 5.75 Å². The number of hydrogen-bond donors (Lipinski definition) is 2. The zero-order valence-corrected chi connectivity index (χ0v) is 16.9. The van der Waals surface area contributed by atoms with E-state index in [9.17, 15) is 22.4 Å². The van der Waals surface area contributed by atoms with E-state index in [1.807, 2.05) is 30.3 Å². The molecule has 0 radical (unpaired) electrons. The molecule has 1 unspecified atom stereocenters. The number of primary amides is 1. The van der Waals surface area contributed by atoms with E-state index < -0.39 is 29.9 Å². The number of alkyl halides is 3. The lowest BCUT2D eigenvalue weighted by molar-refractivity contribution is -0.275. The number of carbonyl (C=O) groups is 1. The number of amides is 1. The number of benzene rings is 2. The molecule has 1 amide bonds. The van der Waals surface area contributed by atoms with Crippen LogP contribution in [0, 0.1) is 5.82 Å². The van der Waals surface area contributed by atoms with E-state index in [0.717, 1.165) is 17.7 Å². The Bertz CT molecular complexity index is 1100. The Kier molecular flexibility index (Phi) is 6.68. The van der Waals surface area contributed by atoms with Crippen molar-refractivity contribution in [2.24, 2.45) is 5.73 Å². The lowest BCUT2D eigenvalue weighted by Gasteiger charge is -2.16. The molecule has 170 valence electrons. The summed E-state index contributed by atoms with van der Waals surface area (Å²) in [5, 5.41) is 4.28. The zero-order chi connectivity index (χ0) is 23.5. The van der Waals surface area contributed by atoms with Crippen LogP contribution in [0.25, 0.3) is 0 Å². The Labute approximate surface area is 180 Å². The smallest absolute Gasteiger partial charge is 0.403 e. The second-order valence-corrected chi connectivity index (χ2v) is 6.91. The first-order valence-electron chi connectivity index (χ1n) is 9.40. The zero-order valence-electron chi connectivity index (χ0n) is 16.9. The Balaban J connectivity index is 1.83. The molecule has 0 bridgehead atoms. The molecular weight excluding hydrogens is 432 g/mol. The Morgan fingerprint density at radius 3 is 2.44 bits per heavy atom. The predicted octanol–water partition coefficient (Wildman–Crippen LogP) is 3.93. The van der Waals surface area contributed by atoms with Gasteiger partial charge in [-0.3, -0.25) is 4.79 Å². The summed E-state index contributed by atoms with van der Waals surface area (Å²) in [4.78, 5) is 11.9. The van der Waals surface area contributed by atoms with Gasteiger partial charge in [0, 0.05) is 0 Å². The van der Waals surface area contributed by atoms with Gasteiger partial charge in [0.2, 0.25) is 0 Å². The molecule has 0 saturated heterocycles. The third-order valence-corrected chi connectivity index (χ3v) is 4.65. The number of hydrogen-bond acceptors (Lipinski definition) is 5. The summed E-state index contributed by atoms with van der Waals surface area (Å²) in [5.74, 6) is -3.06. The van der Waals surface area contributed by atoms with Crippen LogP contribution in [-0.2, 0) is 18.0 Å². The predicted molar refractivity (Wildman–Crippen MR) is 107 cm³/mol. The standard InChI is InChI=1S/C21H20F4N4O3/c1-12(14-7-8-17(15(22)9-14)32-21(23,24)25)29-19(26)18(20(27)30)16(28-29)11-31-10-13-5-3-2-4-6-13/h2-9,12H,10-11,26H2,1H3,(H2,27,30). The lowest BCUT2D eigenvalue weighted by Crippen LogP contribution is -2.18. The van der Waals surface area contributed by atoms with Crippen molar-refractivity contribution in [3.63, 3.8) is 0 Å². The van der Waals surface area contributed by atoms with E-state index in [-0.39, 0.29) is 35.9 Å². The van der Waals surface area contributed by atoms with Crippen LogP contribution in [-0.4, -0.2) is 22.1 Å². The maximum atomic E-state index is 14.1. The quantitative estimate of drug-likeness (QED) is 0.504. The van der Waals surface area contributed by atoms with Gasteiger partial charge in [-0.2, -0.15) is 5.10 Å². The summed E-state index contributed by atoms with van der Waals surface area (Å²) < 4.78 is 61.7. The fourth-order valence-electron chi connectivity index (χ4n) is 3.13. The molecule has 7 nitrogen and oxygen atoms in total. The molecule has 1 atom stereocenters. The molecule has 0 aliphatic carbocycles. The molecule has 32 heavy (non-hydrogen) atoms. The minimum atomic E-state index is -5.02. The fourth-order valence-corrected chi connectivity index (χ4v) is 3.13. The SMILES string of the molecule is CC(c1ccc(OC(F)(F)F)c(F)c1)n1nc(COCc2ccccc2)c(C(N)=O)c1N. The number of carbonyl (C=O) groups excluding carboxylic acids is 1. The summed E-state index contributed by atoms with van der Waals surface area (Å²) in [6.45, 7) is 1.78. The topological polar surface area (TPSA) is 105 Å². The number of nitrogens with two attached hydrogens (primary N) is 2. The molecule has 0 spiro atoms. The van der Waals surface area contributed by atoms with Crippen LogP contribution in [0.2, 0.25) is 0 Å². The number of ether oxygens (including phenoxy) is 2. The molecule has 0 saturated carbocycles. The average molecular weight is 452 g/mol. The molecule has 3 aromatic rings. The van der Waals surface area contributed by atoms with Gasteiger partial charge >= 0.3 is 6.36 Å². The highest BCUT2D eigenvalue weighted by molar-refractivity contribution is 5.98. The van der Waals surface area contributed by atoms with Gasteiger partial charge in [0.15, 0.2) is 11.6 Å². The van der Waals surface area contributed by atoms with Crippen molar-refractivity contribution in [2.75, 3.05) is 5.73 Å². The van der Waals surface area contributed by atoms with Gasteiger partial charge < -0.3 is 20.9 Å². The third-order valence-electron chi connectivity index (χ3n) is 4.65. The van der Waals surface area contributed by atoms with Gasteiger partial charge in [-0.1, -0.05) is 36.4 Å². The molecule has 0 fully saturated rings. The fraction of sp³-hybridized carbons (Fsp3) is 0.238. The summed E-state index contributed by atoms with van der Waals surface area (Å²) >= 11 is 0. The van der Waals surface area contributed by atoms with Crippen molar-refractivity contribution < 1.29 is 31.8 Å². The molecule has 0 aliphatic heterocycles. The van der Waals surface area contributed by atoms with Crippen molar-refractivity contribution in [2.45, 2.75) is 32.5 Å². The van der Waals surface area contributed by atoms with Gasteiger partial charge in [0.25, 0.3) is 5.91 Å². The van der Waals surface area contributed by atoms with Crippen molar-refractivity contribution in [3.05, 3.63) is 76.7 Å². The van der Waals surface area contributed by atoms with Gasteiger partial charge in [0.1, 0.15) is 17.1 Å². The van der Waals surface area contributed by atoms with Gasteiger partial charge in [-0.05, 0) is 30.2 Å². The molecule has 1 heterocycles. The summed E-state index contributed by atoms with van der Waals surface area (Å²) in [5.41, 5.74) is 12.8. The Hall–Kier alpha value is -3.60. The molecular formula is C21H20F4N4O3. The monoisotopic (exact) mass is 452 g/mol. The third kappa shape index (κ3) is 5.35. The minimum Gasteiger partial charge on any atom is -0.403 e. The normalized spacial score (nSPS) is 12.5. The highest BCUT2D eigenvalue weighted by atomic mass is 19.4. The summed E-state index contributed by atoms with van der Waals surface area (Å²) in [6.07, 6.45) is -5.02. The van der Waals surface area contributed by atoms with E-state index >= 15 is 0 Å².